The number of thioether (sulfide) groups is 1. The highest BCUT2D eigenvalue weighted by atomic mass is 32.2. The molecule has 0 bridgehead atoms. The van der Waals surface area contributed by atoms with Gasteiger partial charge in [0.1, 0.15) is 17.2 Å². The van der Waals surface area contributed by atoms with Gasteiger partial charge < -0.3 is 19.3 Å². The minimum absolute atomic E-state index is 0.216. The van der Waals surface area contributed by atoms with E-state index in [4.69, 9.17) is 19.3 Å². The van der Waals surface area contributed by atoms with Crippen molar-refractivity contribution in [3.8, 4) is 17.2 Å². The Balaban J connectivity index is 1.93. The highest BCUT2D eigenvalue weighted by molar-refractivity contribution is 7.99. The van der Waals surface area contributed by atoms with Gasteiger partial charge in [-0.15, -0.1) is 11.8 Å². The quantitative estimate of drug-likeness (QED) is 0.501. The molecule has 5 nitrogen and oxygen atoms in total. The van der Waals surface area contributed by atoms with Crippen molar-refractivity contribution in [3.63, 3.8) is 0 Å². The molecule has 0 saturated heterocycles. The average molecular weight is 362 g/mol. The second-order valence-corrected chi connectivity index (χ2v) is 6.14. The van der Waals surface area contributed by atoms with Crippen molar-refractivity contribution in [1.29, 1.82) is 0 Å². The highest BCUT2D eigenvalue weighted by Crippen LogP contribution is 2.33. The van der Waals surface area contributed by atoms with Gasteiger partial charge in [-0.2, -0.15) is 0 Å². The number of rotatable bonds is 10. The van der Waals surface area contributed by atoms with Crippen LogP contribution in [0.3, 0.4) is 0 Å². The second kappa shape index (κ2) is 9.84. The Morgan fingerprint density at radius 1 is 1.00 bits per heavy atom. The molecule has 0 aliphatic carbocycles. The van der Waals surface area contributed by atoms with Crippen LogP contribution in [0, 0.1) is 0 Å². The van der Waals surface area contributed by atoms with Gasteiger partial charge in [0.05, 0.1) is 30.3 Å². The van der Waals surface area contributed by atoms with Crippen LogP contribution in [0.2, 0.25) is 0 Å². The number of hydrogen-bond acceptors (Lipinski definition) is 5. The maximum Gasteiger partial charge on any atom is 0.335 e. The van der Waals surface area contributed by atoms with Gasteiger partial charge >= 0.3 is 5.97 Å². The summed E-state index contributed by atoms with van der Waals surface area (Å²) in [6, 6.07) is 12.2. The van der Waals surface area contributed by atoms with Crippen molar-refractivity contribution in [3.05, 3.63) is 48.0 Å². The number of carbonyl (C=O) groups is 1. The van der Waals surface area contributed by atoms with Crippen molar-refractivity contribution in [2.45, 2.75) is 18.7 Å². The van der Waals surface area contributed by atoms with E-state index in [0.29, 0.717) is 31.3 Å². The van der Waals surface area contributed by atoms with E-state index >= 15 is 0 Å². The third-order valence-corrected chi connectivity index (χ3v) is 4.22. The predicted octanol–water partition coefficient (Wildman–Crippen LogP) is 4.35. The van der Waals surface area contributed by atoms with Crippen LogP contribution in [0.15, 0.2) is 47.4 Å². The zero-order chi connectivity index (χ0) is 18.1. The summed E-state index contributed by atoms with van der Waals surface area (Å²) in [5.74, 6) is 1.92. The Morgan fingerprint density at radius 2 is 1.76 bits per heavy atom. The Hall–Kier alpha value is -2.34. The molecule has 0 spiro atoms. The number of carboxylic acid groups (broad SMARTS) is 1. The molecule has 0 aliphatic heterocycles. The standard InChI is InChI=1S/C19H22O5S/c1-3-22-16-8-9-17(23-4-2)18(13-16)25-11-10-24-15-7-5-6-14(12-15)19(20)21/h5-9,12-13H,3-4,10-11H2,1-2H3,(H,20,21). The molecule has 134 valence electrons. The maximum absolute atomic E-state index is 11.0. The number of carboxylic acids is 1. The Kier molecular flexibility index (Phi) is 7.47. The first-order valence-electron chi connectivity index (χ1n) is 8.12. The third kappa shape index (κ3) is 5.90. The van der Waals surface area contributed by atoms with Crippen molar-refractivity contribution in [2.24, 2.45) is 0 Å². The Labute approximate surface area is 151 Å². The van der Waals surface area contributed by atoms with Crippen molar-refractivity contribution in [1.82, 2.24) is 0 Å². The van der Waals surface area contributed by atoms with Gasteiger partial charge in [0.15, 0.2) is 0 Å². The average Bonchev–Trinajstić information content (AvgIpc) is 2.61. The summed E-state index contributed by atoms with van der Waals surface area (Å²) >= 11 is 1.61. The molecule has 1 N–H and O–H groups in total. The first kappa shape index (κ1) is 19.0. The summed E-state index contributed by atoms with van der Waals surface area (Å²) in [4.78, 5) is 12.0. The molecular formula is C19H22O5S. The van der Waals surface area contributed by atoms with Crippen molar-refractivity contribution in [2.75, 3.05) is 25.6 Å². The van der Waals surface area contributed by atoms with Crippen LogP contribution >= 0.6 is 11.8 Å². The topological polar surface area (TPSA) is 65.0 Å². The van der Waals surface area contributed by atoms with E-state index in [1.54, 1.807) is 23.9 Å². The molecule has 2 aromatic rings. The fourth-order valence-electron chi connectivity index (χ4n) is 2.16. The molecular weight excluding hydrogens is 340 g/mol. The summed E-state index contributed by atoms with van der Waals surface area (Å²) < 4.78 is 16.8. The van der Waals surface area contributed by atoms with E-state index < -0.39 is 5.97 Å². The molecule has 0 atom stereocenters. The second-order valence-electron chi connectivity index (χ2n) is 5.00. The zero-order valence-corrected chi connectivity index (χ0v) is 15.2. The highest BCUT2D eigenvalue weighted by Gasteiger charge is 2.08. The first-order valence-corrected chi connectivity index (χ1v) is 9.11. The van der Waals surface area contributed by atoms with Crippen LogP contribution in [-0.2, 0) is 0 Å². The fraction of sp³-hybridized carbons (Fsp3) is 0.316. The van der Waals surface area contributed by atoms with Crippen LogP contribution in [0.1, 0.15) is 24.2 Å². The van der Waals surface area contributed by atoms with Crippen LogP contribution in [-0.4, -0.2) is 36.6 Å². The lowest BCUT2D eigenvalue weighted by Gasteiger charge is -2.12. The lowest BCUT2D eigenvalue weighted by Crippen LogP contribution is -2.03. The van der Waals surface area contributed by atoms with Gasteiger partial charge in [-0.05, 0) is 50.2 Å². The van der Waals surface area contributed by atoms with E-state index in [9.17, 15) is 4.79 Å². The summed E-state index contributed by atoms with van der Waals surface area (Å²) in [5.41, 5.74) is 0.216. The molecule has 0 unspecified atom stereocenters. The van der Waals surface area contributed by atoms with E-state index in [-0.39, 0.29) is 5.56 Å². The molecule has 0 aliphatic rings. The normalized spacial score (nSPS) is 10.3. The summed E-state index contributed by atoms with van der Waals surface area (Å²) in [5, 5.41) is 8.99. The van der Waals surface area contributed by atoms with Gasteiger partial charge in [0, 0.05) is 5.75 Å². The molecule has 0 aromatic heterocycles. The zero-order valence-electron chi connectivity index (χ0n) is 14.4. The van der Waals surface area contributed by atoms with E-state index in [1.165, 1.54) is 12.1 Å². The fourth-order valence-corrected chi connectivity index (χ4v) is 3.02. The van der Waals surface area contributed by atoms with Gasteiger partial charge in [0.25, 0.3) is 0 Å². The number of benzene rings is 2. The molecule has 0 amide bonds. The smallest absolute Gasteiger partial charge is 0.335 e. The van der Waals surface area contributed by atoms with Gasteiger partial charge in [-0.1, -0.05) is 6.07 Å². The summed E-state index contributed by atoms with van der Waals surface area (Å²) in [6.45, 7) is 5.56. The van der Waals surface area contributed by atoms with Crippen molar-refractivity contribution >= 4 is 17.7 Å². The minimum atomic E-state index is -0.964. The van der Waals surface area contributed by atoms with Crippen LogP contribution in [0.5, 0.6) is 17.2 Å². The van der Waals surface area contributed by atoms with Gasteiger partial charge in [-0.3, -0.25) is 0 Å². The SMILES string of the molecule is CCOc1ccc(OCC)c(SCCOc2cccc(C(=O)O)c2)c1. The largest absolute Gasteiger partial charge is 0.494 e. The molecule has 0 fully saturated rings. The van der Waals surface area contributed by atoms with Gasteiger partial charge in [-0.25, -0.2) is 4.79 Å². The van der Waals surface area contributed by atoms with E-state index in [1.807, 2.05) is 32.0 Å². The molecule has 0 heterocycles. The lowest BCUT2D eigenvalue weighted by atomic mass is 10.2. The number of hydrogen-bond donors (Lipinski definition) is 1. The number of ether oxygens (including phenoxy) is 3. The monoisotopic (exact) mass is 362 g/mol. The molecule has 0 saturated carbocycles. The van der Waals surface area contributed by atoms with Crippen LogP contribution in [0.4, 0.5) is 0 Å². The van der Waals surface area contributed by atoms with Crippen LogP contribution < -0.4 is 14.2 Å². The maximum atomic E-state index is 11.0. The third-order valence-electron chi connectivity index (χ3n) is 3.22. The molecule has 6 heteroatoms. The lowest BCUT2D eigenvalue weighted by molar-refractivity contribution is 0.0696. The molecule has 2 rings (SSSR count). The minimum Gasteiger partial charge on any atom is -0.494 e. The molecule has 25 heavy (non-hydrogen) atoms. The van der Waals surface area contributed by atoms with Crippen LogP contribution in [0.25, 0.3) is 0 Å². The van der Waals surface area contributed by atoms with Crippen molar-refractivity contribution < 1.29 is 24.1 Å². The predicted molar refractivity (Wildman–Crippen MR) is 98.4 cm³/mol. The molecule has 2 aromatic carbocycles. The van der Waals surface area contributed by atoms with E-state index in [2.05, 4.69) is 0 Å². The Bertz CT molecular complexity index is 702. The first-order chi connectivity index (χ1) is 12.1. The Morgan fingerprint density at radius 3 is 2.48 bits per heavy atom. The molecule has 0 radical (unpaired) electrons. The summed E-state index contributed by atoms with van der Waals surface area (Å²) in [7, 11) is 0. The van der Waals surface area contributed by atoms with E-state index in [0.717, 1.165) is 16.4 Å². The van der Waals surface area contributed by atoms with Gasteiger partial charge in [0.2, 0.25) is 0 Å². The summed E-state index contributed by atoms with van der Waals surface area (Å²) in [6.07, 6.45) is 0. The number of aromatic carboxylic acids is 1.